The van der Waals surface area contributed by atoms with E-state index in [2.05, 4.69) is 55.1 Å². The third-order valence-electron chi connectivity index (χ3n) is 3.44. The quantitative estimate of drug-likeness (QED) is 0.333. The van der Waals surface area contributed by atoms with Gasteiger partial charge in [-0.1, -0.05) is 13.8 Å². The van der Waals surface area contributed by atoms with Crippen LogP contribution in [0.15, 0.2) is 4.99 Å². The molecule has 0 radical (unpaired) electrons. The second-order valence-electron chi connectivity index (χ2n) is 7.00. The fraction of sp³-hybridized carbons (Fsp3) is 0.933. The highest BCUT2D eigenvalue weighted by atomic mass is 127. The van der Waals surface area contributed by atoms with E-state index in [1.165, 1.54) is 6.42 Å². The first kappa shape index (κ1) is 20.0. The highest BCUT2D eigenvalue weighted by molar-refractivity contribution is 14.0. The average molecular weight is 396 g/mol. The number of nitrogens with one attached hydrogen (secondary N) is 2. The zero-order valence-electron chi connectivity index (χ0n) is 14.0. The molecule has 0 aliphatic carbocycles. The number of nitrogens with zero attached hydrogens (tertiary/aromatic N) is 2. The van der Waals surface area contributed by atoms with Gasteiger partial charge in [0.15, 0.2) is 5.96 Å². The van der Waals surface area contributed by atoms with E-state index in [-0.39, 0.29) is 29.5 Å². The first-order valence-electron chi connectivity index (χ1n) is 7.52. The molecule has 120 valence electrons. The van der Waals surface area contributed by atoms with E-state index in [4.69, 9.17) is 0 Å². The molecule has 1 saturated heterocycles. The molecule has 1 heterocycles. The van der Waals surface area contributed by atoms with E-state index < -0.39 is 0 Å². The number of likely N-dealkylation sites (tertiary alicyclic amines) is 1. The molecule has 0 amide bonds. The second kappa shape index (κ2) is 9.07. The van der Waals surface area contributed by atoms with Gasteiger partial charge in [-0.05, 0) is 39.0 Å². The normalized spacial score (nSPS) is 24.3. The maximum Gasteiger partial charge on any atom is 0.193 e. The van der Waals surface area contributed by atoms with Crippen LogP contribution >= 0.6 is 24.0 Å². The fourth-order valence-corrected chi connectivity index (χ4v) is 2.78. The Morgan fingerprint density at radius 3 is 2.15 bits per heavy atom. The van der Waals surface area contributed by atoms with Gasteiger partial charge in [-0.25, -0.2) is 0 Å². The topological polar surface area (TPSA) is 39.7 Å². The van der Waals surface area contributed by atoms with Crippen molar-refractivity contribution in [3.05, 3.63) is 0 Å². The van der Waals surface area contributed by atoms with E-state index >= 15 is 0 Å². The van der Waals surface area contributed by atoms with Crippen LogP contribution in [0.3, 0.4) is 0 Å². The fourth-order valence-electron chi connectivity index (χ4n) is 2.78. The van der Waals surface area contributed by atoms with Crippen LogP contribution in [0.4, 0.5) is 0 Å². The van der Waals surface area contributed by atoms with Gasteiger partial charge in [-0.3, -0.25) is 4.99 Å². The van der Waals surface area contributed by atoms with E-state index in [1.807, 2.05) is 7.05 Å². The maximum absolute atomic E-state index is 4.42. The summed E-state index contributed by atoms with van der Waals surface area (Å²) in [6.07, 6.45) is 1.33. The van der Waals surface area contributed by atoms with E-state index in [9.17, 15) is 0 Å². The molecule has 2 atom stereocenters. The molecule has 2 N–H and O–H groups in total. The summed E-state index contributed by atoms with van der Waals surface area (Å²) in [7, 11) is 1.88. The lowest BCUT2D eigenvalue weighted by Crippen LogP contribution is -2.50. The molecule has 0 spiro atoms. The molecule has 5 heteroatoms. The SMILES string of the molecule is CN=C(NCCNC(C)(C)C)N1CC(C)CC(C)C1.I. The lowest BCUT2D eigenvalue weighted by atomic mass is 9.92. The summed E-state index contributed by atoms with van der Waals surface area (Å²) in [4.78, 5) is 6.82. The Bertz CT molecular complexity index is 289. The van der Waals surface area contributed by atoms with Crippen molar-refractivity contribution in [3.63, 3.8) is 0 Å². The molecule has 2 unspecified atom stereocenters. The Hall–Kier alpha value is -0.0400. The number of rotatable bonds is 3. The van der Waals surface area contributed by atoms with Gasteiger partial charge in [-0.2, -0.15) is 0 Å². The van der Waals surface area contributed by atoms with Crippen molar-refractivity contribution in [1.82, 2.24) is 15.5 Å². The van der Waals surface area contributed by atoms with Crippen molar-refractivity contribution >= 4 is 29.9 Å². The monoisotopic (exact) mass is 396 g/mol. The van der Waals surface area contributed by atoms with Crippen LogP contribution in [0.5, 0.6) is 0 Å². The van der Waals surface area contributed by atoms with Crippen LogP contribution in [0, 0.1) is 11.8 Å². The van der Waals surface area contributed by atoms with Crippen molar-refractivity contribution in [1.29, 1.82) is 0 Å². The molecule has 4 nitrogen and oxygen atoms in total. The molecule has 0 aromatic heterocycles. The van der Waals surface area contributed by atoms with Gasteiger partial charge < -0.3 is 15.5 Å². The van der Waals surface area contributed by atoms with E-state index in [0.717, 1.165) is 44.0 Å². The summed E-state index contributed by atoms with van der Waals surface area (Å²) in [5.74, 6) is 2.57. The zero-order chi connectivity index (χ0) is 14.5. The minimum absolute atomic E-state index is 0. The van der Waals surface area contributed by atoms with Gasteiger partial charge >= 0.3 is 0 Å². The Kier molecular flexibility index (Phi) is 9.06. The second-order valence-corrected chi connectivity index (χ2v) is 7.00. The summed E-state index contributed by atoms with van der Waals surface area (Å²) in [5.41, 5.74) is 0.180. The molecule has 0 saturated carbocycles. The lowest BCUT2D eigenvalue weighted by molar-refractivity contribution is 0.208. The number of piperidine rings is 1. The summed E-state index contributed by atoms with van der Waals surface area (Å²) in [6, 6.07) is 0. The summed E-state index contributed by atoms with van der Waals surface area (Å²) in [6.45, 7) is 15.4. The molecule has 0 aromatic rings. The predicted octanol–water partition coefficient (Wildman–Crippen LogP) is 2.55. The first-order valence-corrected chi connectivity index (χ1v) is 7.52. The first-order chi connectivity index (χ1) is 8.81. The van der Waals surface area contributed by atoms with E-state index in [1.54, 1.807) is 0 Å². The number of hydrogen-bond acceptors (Lipinski definition) is 2. The third-order valence-corrected chi connectivity index (χ3v) is 3.44. The smallest absolute Gasteiger partial charge is 0.193 e. The van der Waals surface area contributed by atoms with Crippen LogP contribution in [-0.2, 0) is 0 Å². The van der Waals surface area contributed by atoms with Gasteiger partial charge in [0.25, 0.3) is 0 Å². The van der Waals surface area contributed by atoms with Crippen LogP contribution in [0.2, 0.25) is 0 Å². The zero-order valence-corrected chi connectivity index (χ0v) is 16.3. The Morgan fingerprint density at radius 1 is 1.15 bits per heavy atom. The highest BCUT2D eigenvalue weighted by Crippen LogP contribution is 2.20. The van der Waals surface area contributed by atoms with Gasteiger partial charge in [-0.15, -0.1) is 24.0 Å². The molecule has 1 aliphatic heterocycles. The van der Waals surface area contributed by atoms with Crippen LogP contribution in [0.25, 0.3) is 0 Å². The Labute approximate surface area is 142 Å². The number of halogens is 1. The number of aliphatic imine (C=N–C) groups is 1. The van der Waals surface area contributed by atoms with Gasteiger partial charge in [0, 0.05) is 38.8 Å². The molecule has 1 fully saturated rings. The molecule has 20 heavy (non-hydrogen) atoms. The van der Waals surface area contributed by atoms with Crippen molar-refractivity contribution in [3.8, 4) is 0 Å². The maximum atomic E-state index is 4.42. The standard InChI is InChI=1S/C15H32N4.HI/c1-12-9-13(2)11-19(10-12)14(16-6)17-7-8-18-15(3,4)5;/h12-13,18H,7-11H2,1-6H3,(H,16,17);1H. The van der Waals surface area contributed by atoms with Crippen LogP contribution in [0.1, 0.15) is 41.0 Å². The van der Waals surface area contributed by atoms with Gasteiger partial charge in [0.05, 0.1) is 0 Å². The Morgan fingerprint density at radius 2 is 1.70 bits per heavy atom. The van der Waals surface area contributed by atoms with Crippen LogP contribution < -0.4 is 10.6 Å². The van der Waals surface area contributed by atoms with Crippen molar-refractivity contribution in [2.45, 2.75) is 46.6 Å². The summed E-state index contributed by atoms with van der Waals surface area (Å²) in [5, 5.41) is 6.95. The minimum Gasteiger partial charge on any atom is -0.355 e. The average Bonchev–Trinajstić information content (AvgIpc) is 2.26. The molecule has 1 aliphatic rings. The molecular formula is C15H33IN4. The number of guanidine groups is 1. The summed E-state index contributed by atoms with van der Waals surface area (Å²) < 4.78 is 0. The van der Waals surface area contributed by atoms with Crippen molar-refractivity contribution in [2.75, 3.05) is 33.2 Å². The molecule has 0 aromatic carbocycles. The van der Waals surface area contributed by atoms with Crippen molar-refractivity contribution < 1.29 is 0 Å². The van der Waals surface area contributed by atoms with Gasteiger partial charge in [0.2, 0.25) is 0 Å². The van der Waals surface area contributed by atoms with Gasteiger partial charge in [0.1, 0.15) is 0 Å². The predicted molar refractivity (Wildman–Crippen MR) is 99.1 cm³/mol. The molecule has 0 bridgehead atoms. The van der Waals surface area contributed by atoms with E-state index in [0.29, 0.717) is 0 Å². The lowest BCUT2D eigenvalue weighted by Gasteiger charge is -2.37. The minimum atomic E-state index is 0. The number of hydrogen-bond donors (Lipinski definition) is 2. The largest absolute Gasteiger partial charge is 0.355 e. The highest BCUT2D eigenvalue weighted by Gasteiger charge is 2.23. The Balaban J connectivity index is 0.00000361. The molecule has 1 rings (SSSR count). The molecular weight excluding hydrogens is 363 g/mol. The third kappa shape index (κ3) is 7.67. The van der Waals surface area contributed by atoms with Crippen molar-refractivity contribution in [2.24, 2.45) is 16.8 Å². The van der Waals surface area contributed by atoms with Crippen LogP contribution in [-0.4, -0.2) is 49.6 Å². The summed E-state index contributed by atoms with van der Waals surface area (Å²) >= 11 is 0.